The zero-order chi connectivity index (χ0) is 20.8. The predicted molar refractivity (Wildman–Crippen MR) is 112 cm³/mol. The molecule has 1 atom stereocenters. The quantitative estimate of drug-likeness (QED) is 0.529. The fraction of sp³-hybridized carbons (Fsp3) is 0.696. The number of thiophene rings is 1. The Labute approximate surface area is 176 Å². The highest BCUT2D eigenvalue weighted by atomic mass is 32.1. The average Bonchev–Trinajstić information content (AvgIpc) is 2.96. The Morgan fingerprint density at radius 1 is 1.10 bits per heavy atom. The second-order valence-electron chi connectivity index (χ2n) is 9.57. The van der Waals surface area contributed by atoms with E-state index in [1.54, 1.807) is 18.3 Å². The highest BCUT2D eigenvalue weighted by Gasteiger charge is 2.51. The molecule has 1 amide bonds. The summed E-state index contributed by atoms with van der Waals surface area (Å²) in [5.41, 5.74) is 0.601. The van der Waals surface area contributed by atoms with Crippen LogP contribution >= 0.6 is 11.3 Å². The van der Waals surface area contributed by atoms with Crippen LogP contribution < -0.4 is 5.32 Å². The van der Waals surface area contributed by atoms with Gasteiger partial charge in [-0.1, -0.05) is 0 Å². The first-order chi connectivity index (χ1) is 13.7. The van der Waals surface area contributed by atoms with Crippen molar-refractivity contribution in [3.63, 3.8) is 0 Å². The minimum Gasteiger partial charge on any atom is -0.453 e. The average molecular weight is 418 g/mol. The van der Waals surface area contributed by atoms with Gasteiger partial charge in [0.1, 0.15) is 0 Å². The lowest BCUT2D eigenvalue weighted by Gasteiger charge is -2.57. The van der Waals surface area contributed by atoms with Crippen LogP contribution in [0.25, 0.3) is 0 Å². The summed E-state index contributed by atoms with van der Waals surface area (Å²) in [7, 11) is 0. The van der Waals surface area contributed by atoms with Crippen molar-refractivity contribution in [1.82, 2.24) is 5.32 Å². The lowest BCUT2D eigenvalue weighted by molar-refractivity contribution is -0.156. The molecule has 0 aromatic carbocycles. The van der Waals surface area contributed by atoms with Gasteiger partial charge < -0.3 is 10.1 Å². The van der Waals surface area contributed by atoms with Gasteiger partial charge in [-0.25, -0.2) is 0 Å². The van der Waals surface area contributed by atoms with E-state index in [0.29, 0.717) is 5.56 Å². The number of ketones is 1. The lowest BCUT2D eigenvalue weighted by atomic mass is 9.53. The van der Waals surface area contributed by atoms with Gasteiger partial charge in [-0.15, -0.1) is 11.3 Å². The molecule has 158 valence electrons. The minimum atomic E-state index is -0.823. The van der Waals surface area contributed by atoms with E-state index >= 15 is 0 Å². The topological polar surface area (TPSA) is 72.5 Å². The molecular weight excluding hydrogens is 386 g/mol. The van der Waals surface area contributed by atoms with E-state index in [2.05, 4.69) is 5.32 Å². The van der Waals surface area contributed by atoms with Crippen LogP contribution in [0.2, 0.25) is 0 Å². The van der Waals surface area contributed by atoms with E-state index in [1.165, 1.54) is 19.3 Å². The number of Topliss-reactive ketones (excluding diaryl/α,β-unsaturated/α-hetero) is 1. The summed E-state index contributed by atoms with van der Waals surface area (Å²) in [6.07, 6.45) is 6.44. The third-order valence-corrected chi connectivity index (χ3v) is 7.97. The molecule has 0 unspecified atom stereocenters. The van der Waals surface area contributed by atoms with E-state index in [9.17, 15) is 14.4 Å². The first kappa shape index (κ1) is 20.6. The molecule has 0 spiro atoms. The van der Waals surface area contributed by atoms with Crippen LogP contribution in [0.5, 0.6) is 0 Å². The van der Waals surface area contributed by atoms with Gasteiger partial charge in [0.25, 0.3) is 5.91 Å². The maximum absolute atomic E-state index is 12.7. The fourth-order valence-corrected chi connectivity index (χ4v) is 7.14. The van der Waals surface area contributed by atoms with Gasteiger partial charge in [0.2, 0.25) is 0 Å². The number of amides is 1. The molecule has 4 bridgehead atoms. The van der Waals surface area contributed by atoms with Crippen molar-refractivity contribution in [2.75, 3.05) is 0 Å². The summed E-state index contributed by atoms with van der Waals surface area (Å²) in [4.78, 5) is 39.3. The molecule has 0 radical (unpaired) electrons. The Morgan fingerprint density at radius 3 is 2.21 bits per heavy atom. The number of aryl methyl sites for hydroxylation is 2. The molecule has 29 heavy (non-hydrogen) atoms. The second kappa shape index (κ2) is 7.86. The second-order valence-corrected chi connectivity index (χ2v) is 11.0. The molecule has 1 heterocycles. The predicted octanol–water partition coefficient (Wildman–Crippen LogP) is 4.34. The first-order valence-corrected chi connectivity index (χ1v) is 11.7. The number of nitrogens with one attached hydrogen (secondary N) is 1. The van der Waals surface area contributed by atoms with Gasteiger partial charge in [0.15, 0.2) is 11.9 Å². The van der Waals surface area contributed by atoms with E-state index < -0.39 is 12.1 Å². The summed E-state index contributed by atoms with van der Waals surface area (Å²) >= 11 is 1.58. The van der Waals surface area contributed by atoms with Gasteiger partial charge in [-0.3, -0.25) is 14.4 Å². The van der Waals surface area contributed by atoms with Crippen LogP contribution in [0.1, 0.15) is 78.4 Å². The summed E-state index contributed by atoms with van der Waals surface area (Å²) in [6.45, 7) is 5.51. The number of ether oxygens (including phenoxy) is 1. The summed E-state index contributed by atoms with van der Waals surface area (Å²) in [5.74, 6) is 1.50. The molecule has 1 aromatic heterocycles. The Kier molecular flexibility index (Phi) is 5.58. The first-order valence-electron chi connectivity index (χ1n) is 10.8. The van der Waals surface area contributed by atoms with Crippen molar-refractivity contribution in [2.24, 2.45) is 17.8 Å². The smallest absolute Gasteiger partial charge is 0.307 e. The van der Waals surface area contributed by atoms with E-state index in [-0.39, 0.29) is 30.1 Å². The Hall–Kier alpha value is -1.69. The molecule has 4 aliphatic rings. The van der Waals surface area contributed by atoms with Crippen LogP contribution in [0.15, 0.2) is 6.07 Å². The Morgan fingerprint density at radius 2 is 1.69 bits per heavy atom. The van der Waals surface area contributed by atoms with Crippen molar-refractivity contribution in [1.29, 1.82) is 0 Å². The summed E-state index contributed by atoms with van der Waals surface area (Å²) < 4.78 is 5.35. The molecular formula is C23H31NO4S. The van der Waals surface area contributed by atoms with Gasteiger partial charge >= 0.3 is 5.97 Å². The minimum absolute atomic E-state index is 0.00214. The molecule has 1 N–H and O–H groups in total. The summed E-state index contributed by atoms with van der Waals surface area (Å²) in [5, 5.41) is 3.25. The molecule has 6 heteroatoms. The fourth-order valence-electron chi connectivity index (χ4n) is 6.19. The van der Waals surface area contributed by atoms with Crippen LogP contribution in [0, 0.1) is 31.6 Å². The monoisotopic (exact) mass is 417 g/mol. The van der Waals surface area contributed by atoms with Crippen molar-refractivity contribution in [3.05, 3.63) is 21.4 Å². The highest BCUT2D eigenvalue weighted by molar-refractivity contribution is 7.12. The third kappa shape index (κ3) is 4.42. The zero-order valence-electron chi connectivity index (χ0n) is 17.6. The third-order valence-electron chi connectivity index (χ3n) is 7.00. The molecule has 0 saturated heterocycles. The van der Waals surface area contributed by atoms with Crippen LogP contribution in [-0.2, 0) is 14.3 Å². The SMILES string of the molecule is Cc1cc(C(=O)CCC(=O)O[C@H](C)C(=O)NC23CC4CC(CC(C4)C2)C3)c(C)s1. The van der Waals surface area contributed by atoms with Crippen LogP contribution in [-0.4, -0.2) is 29.3 Å². The highest BCUT2D eigenvalue weighted by Crippen LogP contribution is 2.55. The van der Waals surface area contributed by atoms with Gasteiger partial charge in [-0.05, 0) is 83.1 Å². The molecule has 5 rings (SSSR count). The number of hydrogen-bond donors (Lipinski definition) is 1. The lowest BCUT2D eigenvalue weighted by Crippen LogP contribution is -2.61. The van der Waals surface area contributed by atoms with Crippen molar-refractivity contribution in [3.8, 4) is 0 Å². The normalized spacial score (nSPS) is 30.8. The van der Waals surface area contributed by atoms with Gasteiger partial charge in [0.05, 0.1) is 6.42 Å². The molecule has 1 aromatic rings. The van der Waals surface area contributed by atoms with Crippen molar-refractivity contribution >= 4 is 29.0 Å². The number of carbonyl (C=O) groups is 3. The Balaban J connectivity index is 1.26. The largest absolute Gasteiger partial charge is 0.453 e. The number of esters is 1. The van der Waals surface area contributed by atoms with Crippen LogP contribution in [0.4, 0.5) is 0 Å². The maximum atomic E-state index is 12.7. The number of hydrogen-bond acceptors (Lipinski definition) is 5. The van der Waals surface area contributed by atoms with Crippen LogP contribution in [0.3, 0.4) is 0 Å². The summed E-state index contributed by atoms with van der Waals surface area (Å²) in [6, 6.07) is 1.87. The van der Waals surface area contributed by atoms with Gasteiger partial charge in [-0.2, -0.15) is 0 Å². The van der Waals surface area contributed by atoms with E-state index in [4.69, 9.17) is 4.74 Å². The standard InChI is InChI=1S/C23H31NO4S/c1-13-6-19(15(3)29-13)20(25)4-5-21(26)28-14(2)22(27)24-23-10-16-7-17(11-23)9-18(8-16)12-23/h6,14,16-18H,4-5,7-12H2,1-3H3,(H,24,27)/t14-,16?,17?,18?,23?/m1/s1. The molecule has 5 nitrogen and oxygen atoms in total. The molecule has 4 aliphatic carbocycles. The zero-order valence-corrected chi connectivity index (χ0v) is 18.4. The van der Waals surface area contributed by atoms with Crippen molar-refractivity contribution < 1.29 is 19.1 Å². The molecule has 4 fully saturated rings. The van der Waals surface area contributed by atoms with E-state index in [1.807, 2.05) is 19.9 Å². The van der Waals surface area contributed by atoms with Gasteiger partial charge in [0, 0.05) is 27.3 Å². The Bertz CT molecular complexity index is 792. The van der Waals surface area contributed by atoms with Crippen molar-refractivity contribution in [2.45, 2.75) is 83.8 Å². The number of carbonyl (C=O) groups excluding carboxylic acids is 3. The molecule has 0 aliphatic heterocycles. The maximum Gasteiger partial charge on any atom is 0.307 e. The molecule has 4 saturated carbocycles. The number of rotatable bonds is 7. The van der Waals surface area contributed by atoms with E-state index in [0.717, 1.165) is 46.8 Å².